The fourth-order valence-electron chi connectivity index (χ4n) is 9.56. The number of nitrogens with one attached hydrogen (secondary N) is 1. The van der Waals surface area contributed by atoms with E-state index in [9.17, 15) is 44.4 Å². The summed E-state index contributed by atoms with van der Waals surface area (Å²) in [5.41, 5.74) is -8.14. The molecule has 3 aliphatic carbocycles. The van der Waals surface area contributed by atoms with Crippen molar-refractivity contribution in [2.24, 2.45) is 16.7 Å². The van der Waals surface area contributed by atoms with Gasteiger partial charge in [-0.05, 0) is 63.5 Å². The summed E-state index contributed by atoms with van der Waals surface area (Å²) in [6.45, 7) is 11.8. The predicted molar refractivity (Wildman–Crippen MR) is 204 cm³/mol. The highest BCUT2D eigenvalue weighted by atomic mass is 16.6. The standard InChI is InChI=1S/C43H53NO14/c1-22-26(55-37(51)32(48)30(24-15-11-9-12-16-24)44-38(52)58-39(3,4)5)20-43(53)35(56-36(50)25-17-13-10-14-18-25)33-41(8,34(49)31(47)29(22)40(43,6)7)27(46)19-28-42(33,21-54-28)57-23(2)45/h9-18,26-28,30-33,35,46-48,53H,19-21H2,1-8H3,(H,44,52)/t26-,27-,28+,30-,31+,32+,33?,35?,41+,42?,43+/m0/s1. The number of rotatable bonds is 8. The van der Waals surface area contributed by atoms with Crippen LogP contribution in [-0.4, -0.2) is 110 Å². The molecular weight excluding hydrogens is 754 g/mol. The Morgan fingerprint density at radius 3 is 2.10 bits per heavy atom. The van der Waals surface area contributed by atoms with Gasteiger partial charge in [-0.25, -0.2) is 14.4 Å². The van der Waals surface area contributed by atoms with Crippen LogP contribution < -0.4 is 5.32 Å². The molecule has 0 aromatic heterocycles. The van der Waals surface area contributed by atoms with Crippen molar-refractivity contribution in [1.82, 2.24) is 5.32 Å². The molecule has 2 aromatic rings. The zero-order chi connectivity index (χ0) is 42.7. The smallest absolute Gasteiger partial charge is 0.408 e. The predicted octanol–water partition coefficient (Wildman–Crippen LogP) is 3.26. The summed E-state index contributed by atoms with van der Waals surface area (Å²) in [4.78, 5) is 68.9. The first-order chi connectivity index (χ1) is 27.0. The molecule has 5 N–H and O–H groups in total. The monoisotopic (exact) mass is 807 g/mol. The fraction of sp³-hybridized carbons (Fsp3) is 0.558. The topological polar surface area (TPSA) is 224 Å². The normalized spacial score (nSPS) is 33.7. The molecule has 314 valence electrons. The second kappa shape index (κ2) is 15.2. The number of aliphatic hydroxyl groups excluding tert-OH is 3. The van der Waals surface area contributed by atoms with Crippen molar-refractivity contribution in [3.8, 4) is 0 Å². The van der Waals surface area contributed by atoms with Crippen molar-refractivity contribution in [3.05, 3.63) is 82.9 Å². The Hall–Kier alpha value is -4.67. The summed E-state index contributed by atoms with van der Waals surface area (Å²) in [7, 11) is 0. The number of carbonyl (C=O) groups is 5. The van der Waals surface area contributed by atoms with Gasteiger partial charge in [0.25, 0.3) is 0 Å². The average molecular weight is 808 g/mol. The van der Waals surface area contributed by atoms with Crippen molar-refractivity contribution < 1.29 is 68.1 Å². The minimum absolute atomic E-state index is 0.0637. The van der Waals surface area contributed by atoms with E-state index in [1.165, 1.54) is 26.0 Å². The van der Waals surface area contributed by atoms with Crippen molar-refractivity contribution in [3.63, 3.8) is 0 Å². The summed E-state index contributed by atoms with van der Waals surface area (Å²) < 4.78 is 29.5. The molecule has 6 rings (SSSR count). The van der Waals surface area contributed by atoms with Crippen LogP contribution >= 0.6 is 0 Å². The van der Waals surface area contributed by atoms with E-state index in [0.717, 1.165) is 6.92 Å². The van der Waals surface area contributed by atoms with Gasteiger partial charge in [-0.15, -0.1) is 0 Å². The highest BCUT2D eigenvalue weighted by Crippen LogP contribution is 2.64. The van der Waals surface area contributed by atoms with Crippen LogP contribution in [0.15, 0.2) is 71.8 Å². The zero-order valence-corrected chi connectivity index (χ0v) is 33.9. The van der Waals surface area contributed by atoms with E-state index in [2.05, 4.69) is 5.32 Å². The molecule has 15 nitrogen and oxygen atoms in total. The second-order valence-electron chi connectivity index (χ2n) is 17.6. The molecule has 3 unspecified atom stereocenters. The SMILES string of the molecule is CC(=O)OC12CO[C@@H]1C[C@H](O)[C@@]1(C)C(=O)[C@H](O)C3=C(C)[C@@H](OC(=O)[C@H](O)[C@@H](NC(=O)OC(C)(C)C)c4ccccc4)C[C@@](O)(C(OC(=O)c4ccccc4)C21)C3(C)C. The van der Waals surface area contributed by atoms with E-state index in [4.69, 9.17) is 23.7 Å². The molecule has 1 amide bonds. The summed E-state index contributed by atoms with van der Waals surface area (Å²) in [5.74, 6) is -5.36. The quantitative estimate of drug-likeness (QED) is 0.147. The molecular formula is C43H53NO14. The van der Waals surface area contributed by atoms with Gasteiger partial charge in [0, 0.05) is 25.2 Å². The Bertz CT molecular complexity index is 1980. The average Bonchev–Trinajstić information content (AvgIpc) is 3.14. The molecule has 1 heterocycles. The number of aliphatic hydroxyl groups is 4. The van der Waals surface area contributed by atoms with Gasteiger partial charge in [0.1, 0.15) is 35.6 Å². The number of carbonyl (C=O) groups excluding carboxylic acids is 5. The lowest BCUT2D eigenvalue weighted by atomic mass is 9.44. The van der Waals surface area contributed by atoms with Gasteiger partial charge in [-0.3, -0.25) is 9.59 Å². The molecule has 3 fully saturated rings. The van der Waals surface area contributed by atoms with Crippen LogP contribution in [-0.2, 0) is 38.1 Å². The third-order valence-electron chi connectivity index (χ3n) is 12.6. The summed E-state index contributed by atoms with van der Waals surface area (Å²) in [6, 6.07) is 14.6. The largest absolute Gasteiger partial charge is 0.456 e. The second-order valence-corrected chi connectivity index (χ2v) is 17.6. The molecule has 4 aliphatic rings. The molecule has 11 atom stereocenters. The van der Waals surface area contributed by atoms with Crippen LogP contribution in [0, 0.1) is 16.7 Å². The lowest BCUT2D eigenvalue weighted by molar-refractivity contribution is -0.346. The Labute approximate surface area is 336 Å². The molecule has 58 heavy (non-hydrogen) atoms. The Balaban J connectivity index is 1.49. The summed E-state index contributed by atoms with van der Waals surface area (Å²) in [5, 5.41) is 51.6. The van der Waals surface area contributed by atoms with Crippen molar-refractivity contribution >= 4 is 29.8 Å². The first kappa shape index (κ1) is 42.9. The maximum Gasteiger partial charge on any atom is 0.408 e. The number of hydrogen-bond donors (Lipinski definition) is 5. The maximum atomic E-state index is 14.9. The highest BCUT2D eigenvalue weighted by Gasteiger charge is 2.78. The third-order valence-corrected chi connectivity index (χ3v) is 12.6. The number of hydrogen-bond acceptors (Lipinski definition) is 14. The van der Waals surface area contributed by atoms with Crippen LogP contribution in [0.3, 0.4) is 0 Å². The molecule has 2 saturated carbocycles. The molecule has 2 aromatic carbocycles. The number of fused-ring (bicyclic) bond motifs is 5. The van der Waals surface area contributed by atoms with E-state index in [1.807, 2.05) is 0 Å². The zero-order valence-electron chi connectivity index (χ0n) is 33.9. The van der Waals surface area contributed by atoms with Gasteiger partial charge in [0.2, 0.25) is 0 Å². The van der Waals surface area contributed by atoms with Gasteiger partial charge < -0.3 is 49.4 Å². The van der Waals surface area contributed by atoms with Gasteiger partial charge in [0.05, 0.1) is 35.6 Å². The van der Waals surface area contributed by atoms with Crippen LogP contribution in [0.5, 0.6) is 0 Å². The number of alkyl carbamates (subject to hydrolysis) is 1. The molecule has 1 saturated heterocycles. The van der Waals surface area contributed by atoms with Crippen molar-refractivity contribution in [2.45, 2.75) is 128 Å². The number of benzene rings is 2. The third kappa shape index (κ3) is 7.10. The van der Waals surface area contributed by atoms with Crippen LogP contribution in [0.1, 0.15) is 90.2 Å². The Morgan fingerprint density at radius 2 is 1.55 bits per heavy atom. The van der Waals surface area contributed by atoms with Crippen molar-refractivity contribution in [2.75, 3.05) is 6.61 Å². The fourth-order valence-corrected chi connectivity index (χ4v) is 9.56. The summed E-state index contributed by atoms with van der Waals surface area (Å²) >= 11 is 0. The maximum absolute atomic E-state index is 14.9. The van der Waals surface area contributed by atoms with Crippen LogP contribution in [0.2, 0.25) is 0 Å². The lowest BCUT2D eigenvalue weighted by Crippen LogP contribution is -2.81. The number of ether oxygens (including phenoxy) is 5. The molecule has 2 bridgehead atoms. The highest BCUT2D eigenvalue weighted by molar-refractivity contribution is 5.94. The number of Topliss-reactive ketones (excluding diaryl/α,β-unsaturated/α-hetero) is 1. The number of esters is 3. The van der Waals surface area contributed by atoms with E-state index >= 15 is 0 Å². The molecule has 15 heteroatoms. The van der Waals surface area contributed by atoms with Crippen LogP contribution in [0.4, 0.5) is 4.79 Å². The first-order valence-electron chi connectivity index (χ1n) is 19.3. The minimum atomic E-state index is -2.35. The van der Waals surface area contributed by atoms with Gasteiger partial charge in [-0.2, -0.15) is 0 Å². The Kier molecular flexibility index (Phi) is 11.2. The first-order valence-corrected chi connectivity index (χ1v) is 19.3. The van der Waals surface area contributed by atoms with Gasteiger partial charge in [-0.1, -0.05) is 62.4 Å². The van der Waals surface area contributed by atoms with E-state index in [-0.39, 0.29) is 29.7 Å². The van der Waals surface area contributed by atoms with Crippen LogP contribution in [0.25, 0.3) is 0 Å². The Morgan fingerprint density at radius 1 is 0.948 bits per heavy atom. The molecule has 0 spiro atoms. The summed E-state index contributed by atoms with van der Waals surface area (Å²) in [6.07, 6.45) is -11.5. The van der Waals surface area contributed by atoms with Crippen molar-refractivity contribution in [1.29, 1.82) is 0 Å². The van der Waals surface area contributed by atoms with E-state index < -0.39 is 112 Å². The number of amides is 1. The molecule has 1 aliphatic heterocycles. The van der Waals surface area contributed by atoms with Gasteiger partial charge >= 0.3 is 24.0 Å². The minimum Gasteiger partial charge on any atom is -0.456 e. The number of ketones is 1. The van der Waals surface area contributed by atoms with E-state index in [0.29, 0.717) is 5.56 Å². The molecule has 0 radical (unpaired) electrons. The lowest BCUT2D eigenvalue weighted by Gasteiger charge is -2.67. The van der Waals surface area contributed by atoms with E-state index in [1.54, 1.807) is 83.1 Å². The van der Waals surface area contributed by atoms with Gasteiger partial charge in [0.15, 0.2) is 17.5 Å².